The van der Waals surface area contributed by atoms with Gasteiger partial charge in [-0.25, -0.2) is 4.79 Å². The molecule has 0 aliphatic heterocycles. The molecule has 4 nitrogen and oxygen atoms in total. The second-order valence-corrected chi connectivity index (χ2v) is 4.75. The second kappa shape index (κ2) is 7.72. The molecule has 0 N–H and O–H groups in total. The fourth-order valence-electron chi connectivity index (χ4n) is 1.01. The van der Waals surface area contributed by atoms with Crippen LogP contribution in [0.4, 0.5) is 0 Å². The number of methoxy groups -OCH3 is 2. The van der Waals surface area contributed by atoms with E-state index in [-0.39, 0.29) is 18.0 Å². The molecule has 0 fully saturated rings. The molecule has 14 heavy (non-hydrogen) atoms. The van der Waals surface area contributed by atoms with Gasteiger partial charge in [-0.2, -0.15) is 0 Å². The Morgan fingerprint density at radius 1 is 1.50 bits per heavy atom. The first kappa shape index (κ1) is 13.3. The highest BCUT2D eigenvalue weighted by molar-refractivity contribution is 6.36. The lowest BCUT2D eigenvalue weighted by molar-refractivity contribution is -0.141. The molecular weight excluding hydrogens is 200 g/mol. The summed E-state index contributed by atoms with van der Waals surface area (Å²) in [5.74, 6) is -0.474. The Bertz CT molecular complexity index is 180. The first-order valence-electron chi connectivity index (χ1n) is 4.52. The Labute approximate surface area is 87.0 Å². The van der Waals surface area contributed by atoms with E-state index >= 15 is 0 Å². The van der Waals surface area contributed by atoms with E-state index in [1.807, 2.05) is 6.92 Å². The molecule has 0 aliphatic carbocycles. The third-order valence-electron chi connectivity index (χ3n) is 1.82. The van der Waals surface area contributed by atoms with Crippen LogP contribution in [0.2, 0.25) is 6.04 Å². The fourth-order valence-corrected chi connectivity index (χ4v) is 2.34. The molecule has 0 saturated heterocycles. The molecule has 0 heterocycles. The Kier molecular flexibility index (Phi) is 7.36. The lowest BCUT2D eigenvalue weighted by Gasteiger charge is -2.16. The summed E-state index contributed by atoms with van der Waals surface area (Å²) >= 11 is 0. The largest absolute Gasteiger partial charge is 0.460 e. The van der Waals surface area contributed by atoms with Gasteiger partial charge in [0.25, 0.3) is 0 Å². The zero-order chi connectivity index (χ0) is 11.0. The number of hydrogen-bond donors (Lipinski definition) is 0. The molecule has 0 rings (SSSR count). The summed E-state index contributed by atoms with van der Waals surface area (Å²) in [5.41, 5.74) is 0. The summed E-state index contributed by atoms with van der Waals surface area (Å²) < 4.78 is 15.1. The van der Waals surface area contributed by atoms with Crippen molar-refractivity contribution in [2.24, 2.45) is 0 Å². The van der Waals surface area contributed by atoms with Gasteiger partial charge in [0.1, 0.15) is 5.91 Å². The molecule has 0 radical (unpaired) electrons. The SMILES string of the molecule is C=CC(=O)OC(C)C[SiH2]C(OC)OC. The highest BCUT2D eigenvalue weighted by Crippen LogP contribution is 2.01. The molecule has 82 valence electrons. The average molecular weight is 218 g/mol. The molecule has 1 atom stereocenters. The number of carbonyl (C=O) groups is 1. The fraction of sp³-hybridized carbons (Fsp3) is 0.667. The van der Waals surface area contributed by atoms with Gasteiger partial charge in [0.15, 0.2) is 0 Å². The molecule has 0 aromatic carbocycles. The molecule has 0 amide bonds. The maximum atomic E-state index is 10.8. The number of carbonyl (C=O) groups excluding carboxylic acids is 1. The first-order valence-corrected chi connectivity index (χ1v) is 6.34. The maximum absolute atomic E-state index is 10.8. The molecule has 0 spiro atoms. The van der Waals surface area contributed by atoms with E-state index in [1.54, 1.807) is 14.2 Å². The standard InChI is InChI=1S/C9H18O4Si/c1-5-8(10)13-7(2)6-14-9(11-3)12-4/h5,7,9H,1,6,14H2,2-4H3. The van der Waals surface area contributed by atoms with Crippen LogP contribution >= 0.6 is 0 Å². The van der Waals surface area contributed by atoms with E-state index < -0.39 is 9.52 Å². The predicted molar refractivity (Wildman–Crippen MR) is 56.9 cm³/mol. The van der Waals surface area contributed by atoms with Crippen molar-refractivity contribution in [3.05, 3.63) is 12.7 Å². The number of esters is 1. The van der Waals surface area contributed by atoms with E-state index in [2.05, 4.69) is 6.58 Å². The van der Waals surface area contributed by atoms with Crippen molar-refractivity contribution in [1.82, 2.24) is 0 Å². The van der Waals surface area contributed by atoms with Gasteiger partial charge in [-0.05, 0) is 13.0 Å². The van der Waals surface area contributed by atoms with E-state index in [0.717, 1.165) is 6.04 Å². The second-order valence-electron chi connectivity index (χ2n) is 2.93. The van der Waals surface area contributed by atoms with Gasteiger partial charge in [0.2, 0.25) is 0 Å². The van der Waals surface area contributed by atoms with Crippen LogP contribution in [0.1, 0.15) is 6.92 Å². The van der Waals surface area contributed by atoms with Gasteiger partial charge in [-0.3, -0.25) is 0 Å². The van der Waals surface area contributed by atoms with Crippen molar-refractivity contribution in [3.63, 3.8) is 0 Å². The van der Waals surface area contributed by atoms with Gasteiger partial charge in [-0.1, -0.05) is 6.58 Å². The summed E-state index contributed by atoms with van der Waals surface area (Å²) in [6, 6.07) is 0.839. The summed E-state index contributed by atoms with van der Waals surface area (Å²) in [5, 5.41) is 0. The average Bonchev–Trinajstić information content (AvgIpc) is 2.19. The highest BCUT2D eigenvalue weighted by Gasteiger charge is 2.11. The van der Waals surface area contributed by atoms with E-state index in [9.17, 15) is 4.79 Å². The van der Waals surface area contributed by atoms with Crippen molar-refractivity contribution >= 4 is 15.5 Å². The molecule has 0 bridgehead atoms. The lowest BCUT2D eigenvalue weighted by Crippen LogP contribution is -2.25. The van der Waals surface area contributed by atoms with Crippen LogP contribution in [-0.2, 0) is 19.0 Å². The normalized spacial score (nSPS) is 13.4. The van der Waals surface area contributed by atoms with Crippen LogP contribution in [0.3, 0.4) is 0 Å². The number of ether oxygens (including phenoxy) is 3. The smallest absolute Gasteiger partial charge is 0.330 e. The topological polar surface area (TPSA) is 44.8 Å². The van der Waals surface area contributed by atoms with Gasteiger partial charge < -0.3 is 14.2 Å². The van der Waals surface area contributed by atoms with Crippen molar-refractivity contribution < 1.29 is 19.0 Å². The Balaban J connectivity index is 3.66. The minimum absolute atomic E-state index is 0.0834. The Morgan fingerprint density at radius 3 is 2.50 bits per heavy atom. The van der Waals surface area contributed by atoms with Crippen molar-refractivity contribution in [2.75, 3.05) is 14.2 Å². The van der Waals surface area contributed by atoms with E-state index in [1.165, 1.54) is 6.08 Å². The first-order chi connectivity index (χ1) is 6.63. The number of rotatable bonds is 7. The molecule has 5 heteroatoms. The summed E-state index contributed by atoms with van der Waals surface area (Å²) in [6.45, 7) is 5.19. The predicted octanol–water partition coefficient (Wildman–Crippen LogP) is 0.268. The van der Waals surface area contributed by atoms with Crippen molar-refractivity contribution in [3.8, 4) is 0 Å². The molecule has 0 aromatic heterocycles. The molecule has 0 saturated carbocycles. The van der Waals surface area contributed by atoms with Gasteiger partial charge in [-0.15, -0.1) is 0 Å². The monoisotopic (exact) mass is 218 g/mol. The highest BCUT2D eigenvalue weighted by atomic mass is 28.2. The van der Waals surface area contributed by atoms with Crippen LogP contribution in [0.25, 0.3) is 0 Å². The lowest BCUT2D eigenvalue weighted by atomic mass is 10.5. The minimum Gasteiger partial charge on any atom is -0.460 e. The third-order valence-corrected chi connectivity index (χ3v) is 4.10. The van der Waals surface area contributed by atoms with Crippen LogP contribution in [-0.4, -0.2) is 41.7 Å². The Hall–Kier alpha value is -0.653. The zero-order valence-electron chi connectivity index (χ0n) is 8.99. The van der Waals surface area contributed by atoms with Crippen LogP contribution < -0.4 is 0 Å². The van der Waals surface area contributed by atoms with Gasteiger partial charge in [0, 0.05) is 20.3 Å². The zero-order valence-corrected chi connectivity index (χ0v) is 10.4. The maximum Gasteiger partial charge on any atom is 0.330 e. The molecular formula is C9H18O4Si. The quantitative estimate of drug-likeness (QED) is 0.266. The summed E-state index contributed by atoms with van der Waals surface area (Å²) in [6.07, 6.45) is 1.09. The summed E-state index contributed by atoms with van der Waals surface area (Å²) in [7, 11) is 2.70. The Morgan fingerprint density at radius 2 is 2.07 bits per heavy atom. The van der Waals surface area contributed by atoms with Gasteiger partial charge in [0.05, 0.1) is 15.6 Å². The third kappa shape index (κ3) is 5.90. The van der Waals surface area contributed by atoms with Crippen molar-refractivity contribution in [1.29, 1.82) is 0 Å². The van der Waals surface area contributed by atoms with Crippen molar-refractivity contribution in [2.45, 2.75) is 25.0 Å². The minimum atomic E-state index is -0.529. The van der Waals surface area contributed by atoms with E-state index in [0.29, 0.717) is 0 Å². The van der Waals surface area contributed by atoms with E-state index in [4.69, 9.17) is 14.2 Å². The molecule has 1 unspecified atom stereocenters. The molecule has 0 aromatic rings. The van der Waals surface area contributed by atoms with Crippen LogP contribution in [0, 0.1) is 0 Å². The van der Waals surface area contributed by atoms with Gasteiger partial charge >= 0.3 is 5.97 Å². The summed E-state index contributed by atoms with van der Waals surface area (Å²) in [4.78, 5) is 10.8. The number of hydrogen-bond acceptors (Lipinski definition) is 4. The van der Waals surface area contributed by atoms with Crippen LogP contribution in [0.15, 0.2) is 12.7 Å². The molecule has 0 aliphatic rings. The van der Waals surface area contributed by atoms with Crippen LogP contribution in [0.5, 0.6) is 0 Å².